The van der Waals surface area contributed by atoms with E-state index in [0.29, 0.717) is 5.92 Å². The van der Waals surface area contributed by atoms with Crippen molar-refractivity contribution in [3.05, 3.63) is 54.6 Å². The predicted octanol–water partition coefficient (Wildman–Crippen LogP) is 3.64. The van der Waals surface area contributed by atoms with Gasteiger partial charge in [-0.1, -0.05) is 18.2 Å². The van der Waals surface area contributed by atoms with Crippen molar-refractivity contribution < 1.29 is 0 Å². The maximum Gasteiger partial charge on any atom is 0.138 e. The summed E-state index contributed by atoms with van der Waals surface area (Å²) in [5.41, 5.74) is 5.11. The lowest BCUT2D eigenvalue weighted by atomic mass is 9.94. The predicted molar refractivity (Wildman–Crippen MR) is 99.5 cm³/mol. The fraction of sp³-hybridized carbons (Fsp3) is 0.250. The molecule has 1 fully saturated rings. The van der Waals surface area contributed by atoms with Crippen molar-refractivity contribution in [2.45, 2.75) is 18.8 Å². The number of aromatic amines is 1. The van der Waals surface area contributed by atoms with Crippen LogP contribution in [0, 0.1) is 0 Å². The highest BCUT2D eigenvalue weighted by Gasteiger charge is 2.18. The highest BCUT2D eigenvalue weighted by molar-refractivity contribution is 6.12. The van der Waals surface area contributed by atoms with Crippen molar-refractivity contribution in [3.8, 4) is 11.3 Å². The van der Waals surface area contributed by atoms with Gasteiger partial charge in [0.1, 0.15) is 5.65 Å². The Morgan fingerprint density at radius 2 is 1.88 bits per heavy atom. The Labute approximate surface area is 145 Å². The second-order valence-corrected chi connectivity index (χ2v) is 6.61. The van der Waals surface area contributed by atoms with Crippen LogP contribution in [0.15, 0.2) is 48.9 Å². The summed E-state index contributed by atoms with van der Waals surface area (Å²) in [4.78, 5) is 17.4. The zero-order valence-corrected chi connectivity index (χ0v) is 13.9. The van der Waals surface area contributed by atoms with Gasteiger partial charge in [-0.25, -0.2) is 9.97 Å². The number of fused-ring (bicyclic) bond motifs is 3. The number of pyridine rings is 1. The standard InChI is InChI=1S/C20H19N5/c1-2-4-16-14(3-1)19-15(7-10-23-20(19)25-16)18-12-22-11-17(24-18)13-5-8-21-9-6-13/h1-4,7,10-13,21H,5-6,8-9H2,(H,23,25). The zero-order chi connectivity index (χ0) is 16.6. The average molecular weight is 329 g/mol. The molecule has 4 aromatic rings. The van der Waals surface area contributed by atoms with Gasteiger partial charge in [0.05, 0.1) is 17.6 Å². The van der Waals surface area contributed by atoms with Gasteiger partial charge in [0.25, 0.3) is 0 Å². The van der Waals surface area contributed by atoms with Crippen LogP contribution in [0.25, 0.3) is 33.2 Å². The van der Waals surface area contributed by atoms with E-state index in [1.165, 1.54) is 5.39 Å². The van der Waals surface area contributed by atoms with Gasteiger partial charge in [0, 0.05) is 40.2 Å². The molecule has 1 saturated heterocycles. The molecule has 2 N–H and O–H groups in total. The third-order valence-electron chi connectivity index (χ3n) is 5.09. The van der Waals surface area contributed by atoms with E-state index in [9.17, 15) is 0 Å². The molecule has 3 aromatic heterocycles. The van der Waals surface area contributed by atoms with Gasteiger partial charge in [-0.15, -0.1) is 0 Å². The topological polar surface area (TPSA) is 66.5 Å². The van der Waals surface area contributed by atoms with Crippen LogP contribution in [0.1, 0.15) is 24.5 Å². The number of para-hydroxylation sites is 1. The molecule has 4 heterocycles. The zero-order valence-electron chi connectivity index (χ0n) is 13.9. The van der Waals surface area contributed by atoms with Crippen LogP contribution >= 0.6 is 0 Å². The monoisotopic (exact) mass is 329 g/mol. The normalized spacial score (nSPS) is 15.8. The molecule has 0 atom stereocenters. The Bertz CT molecular complexity index is 1050. The van der Waals surface area contributed by atoms with Gasteiger partial charge in [-0.05, 0) is 38.1 Å². The van der Waals surface area contributed by atoms with Crippen LogP contribution in [0.4, 0.5) is 0 Å². The summed E-state index contributed by atoms with van der Waals surface area (Å²) in [5, 5.41) is 5.71. The van der Waals surface area contributed by atoms with Crippen LogP contribution in [0.5, 0.6) is 0 Å². The number of rotatable bonds is 2. The first-order valence-electron chi connectivity index (χ1n) is 8.78. The quantitative estimate of drug-likeness (QED) is 0.589. The minimum absolute atomic E-state index is 0.494. The molecular weight excluding hydrogens is 310 g/mol. The Morgan fingerprint density at radius 1 is 1.00 bits per heavy atom. The molecule has 0 radical (unpaired) electrons. The summed E-state index contributed by atoms with van der Waals surface area (Å²) in [6, 6.07) is 10.3. The second-order valence-electron chi connectivity index (χ2n) is 6.61. The Hall–Kier alpha value is -2.79. The highest BCUT2D eigenvalue weighted by Crippen LogP contribution is 2.33. The third kappa shape index (κ3) is 2.48. The largest absolute Gasteiger partial charge is 0.339 e. The Morgan fingerprint density at radius 3 is 2.80 bits per heavy atom. The van der Waals surface area contributed by atoms with E-state index in [-0.39, 0.29) is 0 Å². The third-order valence-corrected chi connectivity index (χ3v) is 5.09. The van der Waals surface area contributed by atoms with E-state index in [0.717, 1.165) is 59.4 Å². The molecule has 5 nitrogen and oxygen atoms in total. The molecule has 1 aliphatic rings. The summed E-state index contributed by atoms with van der Waals surface area (Å²) in [7, 11) is 0. The molecule has 0 saturated carbocycles. The first-order chi connectivity index (χ1) is 12.4. The van der Waals surface area contributed by atoms with Gasteiger partial charge in [0.2, 0.25) is 0 Å². The number of hydrogen-bond acceptors (Lipinski definition) is 4. The van der Waals surface area contributed by atoms with Gasteiger partial charge < -0.3 is 10.3 Å². The molecule has 0 unspecified atom stereocenters. The van der Waals surface area contributed by atoms with Crippen molar-refractivity contribution in [1.82, 2.24) is 25.3 Å². The van der Waals surface area contributed by atoms with Crippen molar-refractivity contribution in [2.75, 3.05) is 13.1 Å². The lowest BCUT2D eigenvalue weighted by Crippen LogP contribution is -2.27. The molecular formula is C20H19N5. The van der Waals surface area contributed by atoms with Crippen LogP contribution in [-0.2, 0) is 0 Å². The van der Waals surface area contributed by atoms with Gasteiger partial charge in [-0.3, -0.25) is 4.98 Å². The minimum atomic E-state index is 0.494. The fourth-order valence-electron chi connectivity index (χ4n) is 3.81. The van der Waals surface area contributed by atoms with Gasteiger partial charge in [-0.2, -0.15) is 0 Å². The summed E-state index contributed by atoms with van der Waals surface area (Å²) >= 11 is 0. The van der Waals surface area contributed by atoms with Crippen molar-refractivity contribution in [3.63, 3.8) is 0 Å². The lowest BCUT2D eigenvalue weighted by molar-refractivity contribution is 0.452. The molecule has 5 rings (SSSR count). The number of hydrogen-bond donors (Lipinski definition) is 2. The van der Waals surface area contributed by atoms with E-state index in [4.69, 9.17) is 4.98 Å². The Kier molecular flexibility index (Phi) is 3.45. The van der Waals surface area contributed by atoms with E-state index in [2.05, 4.69) is 38.5 Å². The minimum Gasteiger partial charge on any atom is -0.339 e. The van der Waals surface area contributed by atoms with Gasteiger partial charge in [0.15, 0.2) is 0 Å². The first-order valence-corrected chi connectivity index (χ1v) is 8.78. The molecule has 0 spiro atoms. The molecule has 124 valence electrons. The molecule has 25 heavy (non-hydrogen) atoms. The first kappa shape index (κ1) is 14.5. The number of H-pyrrole nitrogens is 1. The fourth-order valence-corrected chi connectivity index (χ4v) is 3.81. The van der Waals surface area contributed by atoms with E-state index < -0.39 is 0 Å². The number of piperidine rings is 1. The number of nitrogens with zero attached hydrogens (tertiary/aromatic N) is 3. The van der Waals surface area contributed by atoms with E-state index >= 15 is 0 Å². The van der Waals surface area contributed by atoms with Crippen LogP contribution in [0.3, 0.4) is 0 Å². The van der Waals surface area contributed by atoms with Crippen LogP contribution in [0.2, 0.25) is 0 Å². The molecule has 5 heteroatoms. The van der Waals surface area contributed by atoms with Gasteiger partial charge >= 0.3 is 0 Å². The molecule has 1 aromatic carbocycles. The number of benzene rings is 1. The van der Waals surface area contributed by atoms with Crippen molar-refractivity contribution in [1.29, 1.82) is 0 Å². The molecule has 0 aliphatic carbocycles. The molecule has 0 bridgehead atoms. The number of aromatic nitrogens is 4. The maximum absolute atomic E-state index is 4.97. The smallest absolute Gasteiger partial charge is 0.138 e. The van der Waals surface area contributed by atoms with E-state index in [1.807, 2.05) is 30.7 Å². The summed E-state index contributed by atoms with van der Waals surface area (Å²) in [5.74, 6) is 0.494. The highest BCUT2D eigenvalue weighted by atomic mass is 14.9. The SMILES string of the molecule is c1ccc2c(c1)[nH]c1nccc(-c3cncc(C4CCNCC4)n3)c12. The van der Waals surface area contributed by atoms with Crippen molar-refractivity contribution >= 4 is 21.9 Å². The summed E-state index contributed by atoms with van der Waals surface area (Å²) in [6.07, 6.45) is 7.87. The number of nitrogens with one attached hydrogen (secondary N) is 2. The van der Waals surface area contributed by atoms with E-state index in [1.54, 1.807) is 0 Å². The lowest BCUT2D eigenvalue weighted by Gasteiger charge is -2.22. The van der Waals surface area contributed by atoms with Crippen LogP contribution in [-0.4, -0.2) is 33.0 Å². The summed E-state index contributed by atoms with van der Waals surface area (Å²) < 4.78 is 0. The molecule has 0 amide bonds. The summed E-state index contributed by atoms with van der Waals surface area (Å²) in [6.45, 7) is 2.11. The second kappa shape index (κ2) is 5.93. The average Bonchev–Trinajstić information content (AvgIpc) is 3.07. The maximum atomic E-state index is 4.97. The Balaban J connectivity index is 1.68. The van der Waals surface area contributed by atoms with Crippen LogP contribution < -0.4 is 5.32 Å². The molecule has 1 aliphatic heterocycles. The van der Waals surface area contributed by atoms with Crippen molar-refractivity contribution in [2.24, 2.45) is 0 Å².